The monoisotopic (exact) mass is 190 g/mol. The lowest BCUT2D eigenvalue weighted by molar-refractivity contribution is -0.140. The van der Waals surface area contributed by atoms with Crippen LogP contribution >= 0.6 is 0 Å². The highest BCUT2D eigenvalue weighted by Gasteiger charge is 2.81. The van der Waals surface area contributed by atoms with Crippen LogP contribution in [0, 0.1) is 35.0 Å². The quantitative estimate of drug-likeness (QED) is 0.675. The maximum absolute atomic E-state index is 11.2. The van der Waals surface area contributed by atoms with E-state index in [1.54, 1.807) is 0 Å². The second kappa shape index (κ2) is 1.93. The molecule has 2 bridgehead atoms. The van der Waals surface area contributed by atoms with Crippen molar-refractivity contribution in [3.8, 4) is 0 Å². The van der Waals surface area contributed by atoms with Gasteiger partial charge in [-0.1, -0.05) is 12.2 Å². The average Bonchev–Trinajstić information content (AvgIpc) is 3.02. The van der Waals surface area contributed by atoms with Gasteiger partial charge in [-0.05, 0) is 48.3 Å². The van der Waals surface area contributed by atoms with E-state index in [-0.39, 0.29) is 11.3 Å². The van der Waals surface area contributed by atoms with Crippen LogP contribution in [0.1, 0.15) is 19.3 Å². The van der Waals surface area contributed by atoms with E-state index in [2.05, 4.69) is 12.2 Å². The predicted molar refractivity (Wildman–Crippen MR) is 50.5 cm³/mol. The van der Waals surface area contributed by atoms with Crippen molar-refractivity contribution < 1.29 is 9.90 Å². The van der Waals surface area contributed by atoms with Crippen molar-refractivity contribution in [2.75, 3.05) is 0 Å². The summed E-state index contributed by atoms with van der Waals surface area (Å²) >= 11 is 0. The van der Waals surface area contributed by atoms with Crippen molar-refractivity contribution in [3.63, 3.8) is 0 Å². The predicted octanol–water partition coefficient (Wildman–Crippen LogP) is 1.92. The molecule has 0 heterocycles. The van der Waals surface area contributed by atoms with Crippen LogP contribution in [0.25, 0.3) is 0 Å². The summed E-state index contributed by atoms with van der Waals surface area (Å²) in [7, 11) is 0. The van der Waals surface area contributed by atoms with Crippen molar-refractivity contribution in [2.24, 2.45) is 35.0 Å². The lowest BCUT2D eigenvalue weighted by Crippen LogP contribution is -2.19. The molecule has 0 aliphatic heterocycles. The fourth-order valence-electron chi connectivity index (χ4n) is 4.70. The minimum Gasteiger partial charge on any atom is -0.481 e. The number of hydrogen-bond acceptors (Lipinski definition) is 1. The molecule has 4 aliphatic rings. The highest BCUT2D eigenvalue weighted by molar-refractivity contribution is 5.77. The average molecular weight is 190 g/mol. The van der Waals surface area contributed by atoms with Gasteiger partial charge in [0.05, 0.1) is 5.92 Å². The Morgan fingerprint density at radius 2 is 2.14 bits per heavy atom. The summed E-state index contributed by atoms with van der Waals surface area (Å²) in [5.74, 6) is 1.98. The van der Waals surface area contributed by atoms with Gasteiger partial charge in [-0.25, -0.2) is 0 Å². The van der Waals surface area contributed by atoms with Gasteiger partial charge in [0.15, 0.2) is 0 Å². The maximum atomic E-state index is 11.2. The van der Waals surface area contributed by atoms with Crippen molar-refractivity contribution in [2.45, 2.75) is 19.3 Å². The number of fused-ring (bicyclic) bond motifs is 5. The van der Waals surface area contributed by atoms with Crippen molar-refractivity contribution >= 4 is 5.97 Å². The van der Waals surface area contributed by atoms with Crippen LogP contribution in [-0.2, 0) is 4.79 Å². The van der Waals surface area contributed by atoms with Gasteiger partial charge in [-0.2, -0.15) is 0 Å². The molecule has 3 saturated carbocycles. The van der Waals surface area contributed by atoms with Crippen LogP contribution in [-0.4, -0.2) is 11.1 Å². The number of rotatable bonds is 2. The minimum absolute atomic E-state index is 0.00810. The van der Waals surface area contributed by atoms with Crippen molar-refractivity contribution in [1.82, 2.24) is 0 Å². The molecule has 0 aromatic rings. The van der Waals surface area contributed by atoms with E-state index in [0.717, 1.165) is 5.92 Å². The lowest BCUT2D eigenvalue weighted by atomic mass is 9.83. The zero-order chi connectivity index (χ0) is 9.50. The number of carboxylic acid groups (broad SMARTS) is 1. The van der Waals surface area contributed by atoms with E-state index < -0.39 is 5.97 Å². The van der Waals surface area contributed by atoms with Gasteiger partial charge in [0.25, 0.3) is 0 Å². The topological polar surface area (TPSA) is 37.3 Å². The van der Waals surface area contributed by atoms with Crippen LogP contribution in [0.2, 0.25) is 0 Å². The van der Waals surface area contributed by atoms with Gasteiger partial charge >= 0.3 is 5.97 Å². The number of hydrogen-bond donors (Lipinski definition) is 1. The first-order valence-electron chi connectivity index (χ1n) is 5.67. The minimum atomic E-state index is -0.527. The second-order valence-electron chi connectivity index (χ2n) is 5.51. The highest BCUT2D eigenvalue weighted by Crippen LogP contribution is 2.82. The standard InChI is InChI=1S/C12H14O2/c13-11(14)10-9-6-1-2-8(5-6)12(9,10)7-3-4-7/h1-2,6-10H,3-5H2,(H,13,14)/t6-,8+,9+,10?,12+/m1/s1. The first-order chi connectivity index (χ1) is 6.76. The van der Waals surface area contributed by atoms with Gasteiger partial charge in [0.2, 0.25) is 0 Å². The highest BCUT2D eigenvalue weighted by atomic mass is 16.4. The SMILES string of the molecule is O=C(O)C1[C@@H]2[C@@H]3C=C[C@@H](C3)[C@]12C1CC1. The summed E-state index contributed by atoms with van der Waals surface area (Å²) in [6, 6.07) is 0. The Balaban J connectivity index is 1.79. The van der Waals surface area contributed by atoms with Crippen LogP contribution in [0.3, 0.4) is 0 Å². The van der Waals surface area contributed by atoms with Gasteiger partial charge in [0.1, 0.15) is 0 Å². The summed E-state index contributed by atoms with van der Waals surface area (Å²) < 4.78 is 0. The molecule has 0 amide bonds. The van der Waals surface area contributed by atoms with Crippen molar-refractivity contribution in [3.05, 3.63) is 12.2 Å². The molecule has 1 N–H and O–H groups in total. The summed E-state index contributed by atoms with van der Waals surface area (Å²) in [5.41, 5.74) is 0.241. The first kappa shape index (κ1) is 7.49. The van der Waals surface area contributed by atoms with E-state index in [9.17, 15) is 9.90 Å². The van der Waals surface area contributed by atoms with Gasteiger partial charge in [-0.3, -0.25) is 4.79 Å². The molecule has 2 heteroatoms. The third-order valence-corrected chi connectivity index (χ3v) is 5.14. The van der Waals surface area contributed by atoms with Crippen LogP contribution in [0.15, 0.2) is 12.2 Å². The molecule has 0 radical (unpaired) electrons. The normalized spacial score (nSPS) is 57.4. The second-order valence-corrected chi connectivity index (χ2v) is 5.51. The van der Waals surface area contributed by atoms with E-state index >= 15 is 0 Å². The van der Waals surface area contributed by atoms with Gasteiger partial charge in [0, 0.05) is 0 Å². The number of aliphatic carboxylic acids is 1. The fourth-order valence-corrected chi connectivity index (χ4v) is 4.70. The Labute approximate surface area is 83.0 Å². The van der Waals surface area contributed by atoms with E-state index in [0.29, 0.717) is 17.8 Å². The Morgan fingerprint density at radius 3 is 2.79 bits per heavy atom. The fraction of sp³-hybridized carbons (Fsp3) is 0.750. The molecule has 4 aliphatic carbocycles. The molecular weight excluding hydrogens is 176 g/mol. The molecule has 14 heavy (non-hydrogen) atoms. The molecule has 2 nitrogen and oxygen atoms in total. The first-order valence-corrected chi connectivity index (χ1v) is 5.67. The summed E-state index contributed by atoms with van der Waals surface area (Å²) in [6.07, 6.45) is 8.42. The molecule has 4 rings (SSSR count). The van der Waals surface area contributed by atoms with Crippen LogP contribution in [0.4, 0.5) is 0 Å². The Morgan fingerprint density at radius 1 is 1.36 bits per heavy atom. The van der Waals surface area contributed by atoms with Gasteiger partial charge < -0.3 is 5.11 Å². The summed E-state index contributed by atoms with van der Waals surface area (Å²) in [6.45, 7) is 0. The Bertz CT molecular complexity index is 355. The van der Waals surface area contributed by atoms with Gasteiger partial charge in [-0.15, -0.1) is 0 Å². The zero-order valence-corrected chi connectivity index (χ0v) is 8.02. The molecule has 0 saturated heterocycles. The Kier molecular flexibility index (Phi) is 1.03. The molecule has 74 valence electrons. The number of carbonyl (C=O) groups is 1. The smallest absolute Gasteiger partial charge is 0.307 e. The van der Waals surface area contributed by atoms with Crippen LogP contribution in [0.5, 0.6) is 0 Å². The molecule has 0 aromatic heterocycles. The molecule has 1 unspecified atom stereocenters. The summed E-state index contributed by atoms with van der Waals surface area (Å²) in [4.78, 5) is 11.2. The zero-order valence-electron chi connectivity index (χ0n) is 8.02. The van der Waals surface area contributed by atoms with Crippen LogP contribution < -0.4 is 0 Å². The Hall–Kier alpha value is -0.790. The van der Waals surface area contributed by atoms with E-state index in [1.165, 1.54) is 19.3 Å². The maximum Gasteiger partial charge on any atom is 0.307 e. The third kappa shape index (κ3) is 0.572. The van der Waals surface area contributed by atoms with E-state index in [1.807, 2.05) is 0 Å². The summed E-state index contributed by atoms with van der Waals surface area (Å²) in [5, 5.41) is 9.24. The molecule has 3 fully saturated rings. The van der Waals surface area contributed by atoms with Crippen molar-refractivity contribution in [1.29, 1.82) is 0 Å². The molecule has 0 spiro atoms. The van der Waals surface area contributed by atoms with E-state index in [4.69, 9.17) is 0 Å². The molecule has 0 aromatic carbocycles. The lowest BCUT2D eigenvalue weighted by Gasteiger charge is -2.20. The largest absolute Gasteiger partial charge is 0.481 e. The number of allylic oxidation sites excluding steroid dienone is 2. The third-order valence-electron chi connectivity index (χ3n) is 5.14. The molecular formula is C12H14O2. The molecule has 5 atom stereocenters. The number of carboxylic acids is 1.